The summed E-state index contributed by atoms with van der Waals surface area (Å²) in [6, 6.07) is 22.9. The van der Waals surface area contributed by atoms with Gasteiger partial charge in [-0.3, -0.25) is 9.69 Å². The summed E-state index contributed by atoms with van der Waals surface area (Å²) in [6.07, 6.45) is 1.45. The molecule has 0 aromatic heterocycles. The number of fused-ring (bicyclic) bond motifs is 2. The van der Waals surface area contributed by atoms with Gasteiger partial charge >= 0.3 is 0 Å². The lowest BCUT2D eigenvalue weighted by molar-refractivity contribution is -0.131. The Bertz CT molecular complexity index is 1140. The van der Waals surface area contributed by atoms with Crippen molar-refractivity contribution in [2.45, 2.75) is 32.5 Å². The van der Waals surface area contributed by atoms with E-state index in [2.05, 4.69) is 47.4 Å². The Morgan fingerprint density at radius 2 is 1.79 bits per heavy atom. The third kappa shape index (κ3) is 5.04. The third-order valence-corrected chi connectivity index (χ3v) is 6.56. The Morgan fingerprint density at radius 1 is 0.909 bits per heavy atom. The normalized spacial score (nSPS) is 15.7. The highest BCUT2D eigenvalue weighted by Gasteiger charge is 2.22. The van der Waals surface area contributed by atoms with Crippen LogP contribution in [0.2, 0.25) is 0 Å². The lowest BCUT2D eigenvalue weighted by Gasteiger charge is -2.29. The van der Waals surface area contributed by atoms with E-state index in [1.54, 1.807) is 7.11 Å². The van der Waals surface area contributed by atoms with Crippen LogP contribution in [0.5, 0.6) is 11.5 Å². The molecule has 5 heteroatoms. The van der Waals surface area contributed by atoms with E-state index < -0.39 is 0 Å². The molecule has 0 aliphatic carbocycles. The first kappa shape index (κ1) is 21.5. The molecule has 0 unspecified atom stereocenters. The van der Waals surface area contributed by atoms with E-state index in [0.29, 0.717) is 26.1 Å². The number of rotatable bonds is 5. The molecule has 0 saturated heterocycles. The summed E-state index contributed by atoms with van der Waals surface area (Å²) < 4.78 is 11.3. The zero-order chi connectivity index (χ0) is 22.6. The van der Waals surface area contributed by atoms with Gasteiger partial charge in [-0.15, -0.1) is 0 Å². The van der Waals surface area contributed by atoms with Crippen LogP contribution >= 0.6 is 0 Å². The van der Waals surface area contributed by atoms with E-state index >= 15 is 0 Å². The molecule has 2 heterocycles. The molecule has 0 radical (unpaired) electrons. The van der Waals surface area contributed by atoms with Crippen molar-refractivity contribution >= 4 is 5.91 Å². The van der Waals surface area contributed by atoms with Crippen LogP contribution in [-0.4, -0.2) is 42.5 Å². The van der Waals surface area contributed by atoms with Crippen LogP contribution in [0.15, 0.2) is 66.7 Å². The summed E-state index contributed by atoms with van der Waals surface area (Å²) in [5, 5.41) is 0. The maximum Gasteiger partial charge on any atom is 0.227 e. The van der Waals surface area contributed by atoms with Crippen molar-refractivity contribution in [3.05, 3.63) is 94.5 Å². The highest BCUT2D eigenvalue weighted by atomic mass is 16.5. The standard InChI is InChI=1S/C28H30N2O3/c1-32-26-8-4-5-21(16-26)17-28(31)30-13-14-33-27-10-9-22(15-25(27)20-30)18-29-12-11-23-6-2-3-7-24(23)19-29/h2-10,15-16H,11-14,17-20H2,1H3. The van der Waals surface area contributed by atoms with Gasteiger partial charge in [-0.25, -0.2) is 0 Å². The third-order valence-electron chi connectivity index (χ3n) is 6.56. The monoisotopic (exact) mass is 442 g/mol. The number of methoxy groups -OCH3 is 1. The van der Waals surface area contributed by atoms with Crippen LogP contribution in [-0.2, 0) is 37.3 Å². The fourth-order valence-electron chi connectivity index (χ4n) is 4.78. The maximum absolute atomic E-state index is 13.1. The van der Waals surface area contributed by atoms with E-state index in [4.69, 9.17) is 9.47 Å². The molecule has 5 nitrogen and oxygen atoms in total. The number of hydrogen-bond acceptors (Lipinski definition) is 4. The number of amides is 1. The molecule has 3 aromatic rings. The molecular weight excluding hydrogens is 412 g/mol. The molecule has 33 heavy (non-hydrogen) atoms. The van der Waals surface area contributed by atoms with Crippen LogP contribution in [0.25, 0.3) is 0 Å². The molecule has 0 atom stereocenters. The number of carbonyl (C=O) groups is 1. The highest BCUT2D eigenvalue weighted by molar-refractivity contribution is 5.79. The lowest BCUT2D eigenvalue weighted by Crippen LogP contribution is -2.33. The minimum atomic E-state index is 0.109. The van der Waals surface area contributed by atoms with Crippen molar-refractivity contribution < 1.29 is 14.3 Å². The van der Waals surface area contributed by atoms with Gasteiger partial charge < -0.3 is 14.4 Å². The zero-order valence-electron chi connectivity index (χ0n) is 19.1. The lowest BCUT2D eigenvalue weighted by atomic mass is 9.99. The fourth-order valence-corrected chi connectivity index (χ4v) is 4.78. The Labute approximate surface area is 195 Å². The minimum absolute atomic E-state index is 0.109. The predicted octanol–water partition coefficient (Wildman–Crippen LogP) is 4.22. The Balaban J connectivity index is 1.27. The van der Waals surface area contributed by atoms with Crippen molar-refractivity contribution in [1.29, 1.82) is 0 Å². The van der Waals surface area contributed by atoms with Gasteiger partial charge in [0.1, 0.15) is 18.1 Å². The van der Waals surface area contributed by atoms with Gasteiger partial charge in [-0.2, -0.15) is 0 Å². The Hall–Kier alpha value is -3.31. The average Bonchev–Trinajstić information content (AvgIpc) is 3.06. The van der Waals surface area contributed by atoms with Gasteiger partial charge in [-0.1, -0.05) is 42.5 Å². The SMILES string of the molecule is COc1cccc(CC(=O)N2CCOc3ccc(CN4CCc5ccccc5C4)cc3C2)c1. The van der Waals surface area contributed by atoms with E-state index in [-0.39, 0.29) is 5.91 Å². The molecule has 2 aliphatic rings. The molecule has 0 fully saturated rings. The van der Waals surface area contributed by atoms with Crippen LogP contribution in [0, 0.1) is 0 Å². The second kappa shape index (κ2) is 9.67. The summed E-state index contributed by atoms with van der Waals surface area (Å²) in [4.78, 5) is 17.5. The summed E-state index contributed by atoms with van der Waals surface area (Å²) in [5.74, 6) is 1.77. The average molecular weight is 443 g/mol. The number of hydrogen-bond donors (Lipinski definition) is 0. The van der Waals surface area contributed by atoms with Crippen LogP contribution in [0.3, 0.4) is 0 Å². The fraction of sp³-hybridized carbons (Fsp3) is 0.321. The van der Waals surface area contributed by atoms with Gasteiger partial charge in [-0.05, 0) is 52.9 Å². The van der Waals surface area contributed by atoms with Crippen molar-refractivity contribution in [3.63, 3.8) is 0 Å². The van der Waals surface area contributed by atoms with E-state index in [1.165, 1.54) is 16.7 Å². The second-order valence-corrected chi connectivity index (χ2v) is 8.86. The second-order valence-electron chi connectivity index (χ2n) is 8.86. The molecule has 0 bridgehead atoms. The minimum Gasteiger partial charge on any atom is -0.497 e. The quantitative estimate of drug-likeness (QED) is 0.594. The highest BCUT2D eigenvalue weighted by Crippen LogP contribution is 2.27. The molecular formula is C28H30N2O3. The van der Waals surface area contributed by atoms with Gasteiger partial charge in [0.05, 0.1) is 20.1 Å². The number of carbonyl (C=O) groups excluding carboxylic acids is 1. The first-order valence-electron chi connectivity index (χ1n) is 11.6. The van der Waals surface area contributed by atoms with Gasteiger partial charge in [0.2, 0.25) is 5.91 Å². The van der Waals surface area contributed by atoms with Crippen molar-refractivity contribution in [2.75, 3.05) is 26.8 Å². The Morgan fingerprint density at radius 3 is 2.67 bits per heavy atom. The predicted molar refractivity (Wildman–Crippen MR) is 128 cm³/mol. The zero-order valence-corrected chi connectivity index (χ0v) is 19.1. The smallest absolute Gasteiger partial charge is 0.227 e. The van der Waals surface area contributed by atoms with E-state index in [1.807, 2.05) is 29.2 Å². The van der Waals surface area contributed by atoms with Gasteiger partial charge in [0.15, 0.2) is 0 Å². The number of nitrogens with zero attached hydrogens (tertiary/aromatic N) is 2. The largest absolute Gasteiger partial charge is 0.497 e. The molecule has 0 N–H and O–H groups in total. The molecule has 5 rings (SSSR count). The van der Waals surface area contributed by atoms with E-state index in [9.17, 15) is 4.79 Å². The summed E-state index contributed by atoms with van der Waals surface area (Å²) in [5.41, 5.74) is 6.20. The first-order valence-corrected chi connectivity index (χ1v) is 11.6. The van der Waals surface area contributed by atoms with Gasteiger partial charge in [0, 0.05) is 31.7 Å². The molecule has 170 valence electrons. The number of benzene rings is 3. The van der Waals surface area contributed by atoms with Crippen molar-refractivity contribution in [3.8, 4) is 11.5 Å². The maximum atomic E-state index is 13.1. The molecule has 2 aliphatic heterocycles. The van der Waals surface area contributed by atoms with Crippen LogP contribution < -0.4 is 9.47 Å². The first-order chi connectivity index (χ1) is 16.2. The van der Waals surface area contributed by atoms with E-state index in [0.717, 1.165) is 48.7 Å². The topological polar surface area (TPSA) is 42.0 Å². The van der Waals surface area contributed by atoms with Crippen LogP contribution in [0.4, 0.5) is 0 Å². The van der Waals surface area contributed by atoms with Crippen molar-refractivity contribution in [1.82, 2.24) is 9.80 Å². The molecule has 3 aromatic carbocycles. The number of ether oxygens (including phenoxy) is 2. The summed E-state index contributed by atoms with van der Waals surface area (Å²) >= 11 is 0. The summed E-state index contributed by atoms with van der Waals surface area (Å²) in [6.45, 7) is 4.63. The summed E-state index contributed by atoms with van der Waals surface area (Å²) in [7, 11) is 1.64. The van der Waals surface area contributed by atoms with Crippen molar-refractivity contribution in [2.24, 2.45) is 0 Å². The molecule has 1 amide bonds. The Kier molecular flexibility index (Phi) is 6.31. The molecule has 0 spiro atoms. The molecule has 0 saturated carbocycles. The van der Waals surface area contributed by atoms with Gasteiger partial charge in [0.25, 0.3) is 0 Å². The van der Waals surface area contributed by atoms with Crippen LogP contribution in [0.1, 0.15) is 27.8 Å².